The van der Waals surface area contributed by atoms with Crippen molar-refractivity contribution in [3.8, 4) is 6.07 Å². The maximum absolute atomic E-state index is 11.8. The minimum absolute atomic E-state index is 0.236. The van der Waals surface area contributed by atoms with Gasteiger partial charge in [-0.05, 0) is 33.6 Å². The zero-order chi connectivity index (χ0) is 11.3. The van der Waals surface area contributed by atoms with Gasteiger partial charge in [0.05, 0.1) is 11.5 Å². The monoisotopic (exact) mass is 208 g/mol. The van der Waals surface area contributed by atoms with E-state index in [-0.39, 0.29) is 17.6 Å². The second-order valence-corrected chi connectivity index (χ2v) is 5.56. The van der Waals surface area contributed by atoms with E-state index in [0.717, 1.165) is 12.8 Å². The van der Waals surface area contributed by atoms with Gasteiger partial charge in [0.1, 0.15) is 5.60 Å². The fourth-order valence-electron chi connectivity index (χ4n) is 2.31. The van der Waals surface area contributed by atoms with Gasteiger partial charge in [-0.25, -0.2) is 4.79 Å². The van der Waals surface area contributed by atoms with Gasteiger partial charge in [0.15, 0.2) is 0 Å². The third-order valence-corrected chi connectivity index (χ3v) is 3.03. The molecule has 0 spiro atoms. The number of ether oxygens (including phenoxy) is 1. The number of hydrogen-bond donors (Lipinski definition) is 0. The third kappa shape index (κ3) is 1.67. The predicted octanol–water partition coefficient (Wildman–Crippen LogP) is 1.91. The first-order valence-electron chi connectivity index (χ1n) is 5.26. The fourth-order valence-corrected chi connectivity index (χ4v) is 2.31. The van der Waals surface area contributed by atoms with Crippen LogP contribution in [0.2, 0.25) is 0 Å². The van der Waals surface area contributed by atoms with Crippen LogP contribution >= 0.6 is 0 Å². The van der Waals surface area contributed by atoms with Gasteiger partial charge >= 0.3 is 6.09 Å². The van der Waals surface area contributed by atoms with Crippen molar-refractivity contribution in [2.24, 2.45) is 5.41 Å². The molecule has 2 bridgehead atoms. The zero-order valence-corrected chi connectivity index (χ0v) is 9.41. The Kier molecular flexibility index (Phi) is 1.97. The van der Waals surface area contributed by atoms with Crippen molar-refractivity contribution in [3.05, 3.63) is 0 Å². The van der Waals surface area contributed by atoms with Crippen LogP contribution in [0.15, 0.2) is 0 Å². The molecule has 2 heterocycles. The summed E-state index contributed by atoms with van der Waals surface area (Å²) in [6.45, 7) is 6.10. The Balaban J connectivity index is 1.98. The van der Waals surface area contributed by atoms with E-state index >= 15 is 0 Å². The summed E-state index contributed by atoms with van der Waals surface area (Å²) in [5, 5.41) is 8.97. The van der Waals surface area contributed by atoms with Gasteiger partial charge < -0.3 is 9.64 Å². The lowest BCUT2D eigenvalue weighted by Gasteiger charge is -2.31. The molecule has 0 atom stereocenters. The molecule has 3 fully saturated rings. The molecule has 1 saturated carbocycles. The van der Waals surface area contributed by atoms with Gasteiger partial charge in [-0.1, -0.05) is 0 Å². The number of nitrogens with zero attached hydrogens (tertiary/aromatic N) is 2. The summed E-state index contributed by atoms with van der Waals surface area (Å²) >= 11 is 0. The molecular weight excluding hydrogens is 192 g/mol. The van der Waals surface area contributed by atoms with E-state index in [0.29, 0.717) is 6.54 Å². The maximum atomic E-state index is 11.8. The largest absolute Gasteiger partial charge is 0.444 e. The summed E-state index contributed by atoms with van der Waals surface area (Å²) in [4.78, 5) is 13.5. The average Bonchev–Trinajstić information content (AvgIpc) is 2.53. The van der Waals surface area contributed by atoms with Crippen molar-refractivity contribution < 1.29 is 9.53 Å². The molecule has 0 aromatic carbocycles. The molecule has 1 aliphatic carbocycles. The Morgan fingerprint density at radius 1 is 1.53 bits per heavy atom. The van der Waals surface area contributed by atoms with Crippen molar-refractivity contribution in [2.75, 3.05) is 6.54 Å². The summed E-state index contributed by atoms with van der Waals surface area (Å²) in [6, 6.07) is 2.54. The van der Waals surface area contributed by atoms with E-state index in [1.165, 1.54) is 0 Å². The molecule has 15 heavy (non-hydrogen) atoms. The second-order valence-electron chi connectivity index (χ2n) is 5.56. The highest BCUT2D eigenvalue weighted by Gasteiger charge is 2.58. The quantitative estimate of drug-likeness (QED) is 0.611. The average molecular weight is 208 g/mol. The first-order valence-corrected chi connectivity index (χ1v) is 5.26. The topological polar surface area (TPSA) is 53.3 Å². The van der Waals surface area contributed by atoms with Crippen LogP contribution in [0.5, 0.6) is 0 Å². The van der Waals surface area contributed by atoms with Gasteiger partial charge in [-0.3, -0.25) is 0 Å². The summed E-state index contributed by atoms with van der Waals surface area (Å²) in [5.41, 5.74) is -0.717. The van der Waals surface area contributed by atoms with Crippen molar-refractivity contribution in [3.63, 3.8) is 0 Å². The highest BCUT2D eigenvalue weighted by molar-refractivity contribution is 5.70. The van der Waals surface area contributed by atoms with E-state index in [1.807, 2.05) is 20.8 Å². The van der Waals surface area contributed by atoms with Crippen LogP contribution in [-0.2, 0) is 4.74 Å². The third-order valence-electron chi connectivity index (χ3n) is 3.03. The molecule has 2 saturated heterocycles. The number of hydrogen-bond acceptors (Lipinski definition) is 3. The van der Waals surface area contributed by atoms with E-state index in [2.05, 4.69) is 6.07 Å². The Labute approximate surface area is 89.8 Å². The van der Waals surface area contributed by atoms with Gasteiger partial charge in [0.25, 0.3) is 0 Å². The van der Waals surface area contributed by atoms with Crippen molar-refractivity contribution >= 4 is 6.09 Å². The normalized spacial score (nSPS) is 33.2. The van der Waals surface area contributed by atoms with Gasteiger partial charge in [0, 0.05) is 12.6 Å². The molecule has 0 radical (unpaired) electrons. The fraction of sp³-hybridized carbons (Fsp3) is 0.818. The Hall–Kier alpha value is -1.24. The van der Waals surface area contributed by atoms with Gasteiger partial charge in [0.2, 0.25) is 0 Å². The van der Waals surface area contributed by atoms with Gasteiger partial charge in [-0.2, -0.15) is 5.26 Å². The lowest BCUT2D eigenvalue weighted by Crippen LogP contribution is -2.39. The van der Waals surface area contributed by atoms with Crippen LogP contribution in [0, 0.1) is 16.7 Å². The molecule has 2 aliphatic heterocycles. The molecule has 0 aromatic rings. The first kappa shape index (κ1) is 10.3. The molecule has 3 rings (SSSR count). The van der Waals surface area contributed by atoms with E-state index in [9.17, 15) is 4.79 Å². The Morgan fingerprint density at radius 3 is 2.53 bits per heavy atom. The summed E-state index contributed by atoms with van der Waals surface area (Å²) in [6.07, 6.45) is 1.37. The van der Waals surface area contributed by atoms with E-state index < -0.39 is 5.60 Å². The van der Waals surface area contributed by atoms with Gasteiger partial charge in [-0.15, -0.1) is 0 Å². The van der Waals surface area contributed by atoms with Crippen LogP contribution < -0.4 is 0 Å². The second kappa shape index (κ2) is 2.88. The maximum Gasteiger partial charge on any atom is 0.410 e. The van der Waals surface area contributed by atoms with E-state index in [4.69, 9.17) is 10.00 Å². The smallest absolute Gasteiger partial charge is 0.410 e. The standard InChI is InChI=1S/C11H16N2O2/c1-10(2,3)15-9(14)13-7-11(6-12)4-8(13)5-11/h8H,4-5,7H2,1-3H3. The Bertz CT molecular complexity index is 331. The molecular formula is C11H16N2O2. The number of fused-ring (bicyclic) bond motifs is 1. The SMILES string of the molecule is CC(C)(C)OC(=O)N1CC2(C#N)CC1C2. The minimum atomic E-state index is -0.454. The highest BCUT2D eigenvalue weighted by Crippen LogP contribution is 2.51. The molecule has 82 valence electrons. The van der Waals surface area contributed by atoms with Crippen molar-refractivity contribution in [2.45, 2.75) is 45.3 Å². The Morgan fingerprint density at radius 2 is 2.13 bits per heavy atom. The minimum Gasteiger partial charge on any atom is -0.444 e. The van der Waals surface area contributed by atoms with Crippen LogP contribution in [-0.4, -0.2) is 29.2 Å². The zero-order valence-electron chi connectivity index (χ0n) is 9.41. The lowest BCUT2D eigenvalue weighted by molar-refractivity contribution is 0.0245. The number of rotatable bonds is 0. The van der Waals surface area contributed by atoms with Crippen molar-refractivity contribution in [1.29, 1.82) is 5.26 Å². The van der Waals surface area contributed by atoms with E-state index in [1.54, 1.807) is 4.90 Å². The molecule has 4 heteroatoms. The molecule has 4 nitrogen and oxygen atoms in total. The van der Waals surface area contributed by atoms with Crippen LogP contribution in [0.4, 0.5) is 4.79 Å². The highest BCUT2D eigenvalue weighted by atomic mass is 16.6. The molecule has 1 amide bonds. The lowest BCUT2D eigenvalue weighted by atomic mass is 9.71. The first-order chi connectivity index (χ1) is 6.85. The molecule has 0 unspecified atom stereocenters. The van der Waals surface area contributed by atoms with Crippen LogP contribution in [0.3, 0.4) is 0 Å². The van der Waals surface area contributed by atoms with Crippen LogP contribution in [0.25, 0.3) is 0 Å². The summed E-state index contributed by atoms with van der Waals surface area (Å²) in [7, 11) is 0. The number of carbonyl (C=O) groups excluding carboxylic acids is 1. The number of carbonyl (C=O) groups is 1. The summed E-state index contributed by atoms with van der Waals surface area (Å²) in [5.74, 6) is 0. The summed E-state index contributed by atoms with van der Waals surface area (Å²) < 4.78 is 5.29. The number of nitriles is 1. The molecule has 3 aliphatic rings. The number of amides is 1. The molecule has 0 aromatic heterocycles. The molecule has 0 N–H and O–H groups in total. The van der Waals surface area contributed by atoms with Crippen LogP contribution in [0.1, 0.15) is 33.6 Å². The van der Waals surface area contributed by atoms with Crippen molar-refractivity contribution in [1.82, 2.24) is 4.90 Å². The predicted molar refractivity (Wildman–Crippen MR) is 54.0 cm³/mol.